The van der Waals surface area contributed by atoms with Crippen LogP contribution in [0.4, 0.5) is 14.5 Å². The van der Waals surface area contributed by atoms with E-state index >= 15 is 0 Å². The first kappa shape index (κ1) is 22.2. The van der Waals surface area contributed by atoms with Crippen LogP contribution in [0, 0.1) is 0 Å². The molecule has 1 fully saturated rings. The summed E-state index contributed by atoms with van der Waals surface area (Å²) >= 11 is 0. The van der Waals surface area contributed by atoms with Crippen molar-refractivity contribution in [3.05, 3.63) is 24.3 Å². The number of nitrogens with one attached hydrogen (secondary N) is 2. The summed E-state index contributed by atoms with van der Waals surface area (Å²) in [6.07, 6.45) is 0.873. The molecule has 28 heavy (non-hydrogen) atoms. The zero-order valence-corrected chi connectivity index (χ0v) is 16.5. The van der Waals surface area contributed by atoms with Crippen LogP contribution in [0.2, 0.25) is 0 Å². The quantitative estimate of drug-likeness (QED) is 0.337. The van der Waals surface area contributed by atoms with Gasteiger partial charge in [0.25, 0.3) is 0 Å². The lowest BCUT2D eigenvalue weighted by Gasteiger charge is -2.22. The second-order valence-corrected chi connectivity index (χ2v) is 6.29. The van der Waals surface area contributed by atoms with Gasteiger partial charge in [0, 0.05) is 32.8 Å². The molecule has 1 aromatic carbocycles. The van der Waals surface area contributed by atoms with Gasteiger partial charge in [0.1, 0.15) is 5.75 Å². The maximum absolute atomic E-state index is 12.6. The van der Waals surface area contributed by atoms with Gasteiger partial charge in [-0.25, -0.2) is 0 Å². The Morgan fingerprint density at radius 2 is 2.11 bits per heavy atom. The minimum absolute atomic E-state index is 0.159. The average molecular weight is 400 g/mol. The number of ether oxygens (including phenoxy) is 3. The fourth-order valence-corrected chi connectivity index (χ4v) is 2.99. The molecule has 2 N–H and O–H groups in total. The standard InChI is InChI=1S/C19H30F2N4O3/c1-3-22-19(23-9-11-27-13-12-26-2)24-15-8-10-25(14-15)16-6-4-5-7-17(16)28-18(20)21/h4-7,15,18H,3,8-14H2,1-2H3,(H2,22,23,24). The summed E-state index contributed by atoms with van der Waals surface area (Å²) in [4.78, 5) is 6.56. The van der Waals surface area contributed by atoms with E-state index < -0.39 is 6.61 Å². The minimum atomic E-state index is -2.84. The summed E-state index contributed by atoms with van der Waals surface area (Å²) in [6.45, 7) is 3.53. The van der Waals surface area contributed by atoms with Gasteiger partial charge in [0.15, 0.2) is 5.96 Å². The molecule has 0 aromatic heterocycles. The zero-order chi connectivity index (χ0) is 20.2. The van der Waals surface area contributed by atoms with E-state index in [1.165, 1.54) is 0 Å². The van der Waals surface area contributed by atoms with Crippen molar-refractivity contribution in [1.29, 1.82) is 0 Å². The summed E-state index contributed by atoms with van der Waals surface area (Å²) < 4.78 is 40.3. The van der Waals surface area contributed by atoms with Crippen LogP contribution in [0.1, 0.15) is 13.3 Å². The minimum Gasteiger partial charge on any atom is -0.433 e. The molecular weight excluding hydrogens is 370 g/mol. The maximum Gasteiger partial charge on any atom is 0.387 e. The van der Waals surface area contributed by atoms with Crippen molar-refractivity contribution in [3.8, 4) is 5.75 Å². The first-order valence-corrected chi connectivity index (χ1v) is 9.54. The predicted molar refractivity (Wildman–Crippen MR) is 106 cm³/mol. The molecule has 1 atom stereocenters. The number of nitrogens with zero attached hydrogens (tertiary/aromatic N) is 2. The Kier molecular flexibility index (Phi) is 9.78. The SMILES string of the molecule is CCNC(=NCCOCCOC)NC1CCN(c2ccccc2OC(F)F)C1. The highest BCUT2D eigenvalue weighted by Crippen LogP contribution is 2.31. The monoisotopic (exact) mass is 400 g/mol. The van der Waals surface area contributed by atoms with E-state index in [4.69, 9.17) is 9.47 Å². The number of hydrogen-bond donors (Lipinski definition) is 2. The second kappa shape index (κ2) is 12.4. The molecule has 1 aliphatic heterocycles. The van der Waals surface area contributed by atoms with Crippen LogP contribution >= 0.6 is 0 Å². The van der Waals surface area contributed by atoms with Gasteiger partial charge < -0.3 is 29.7 Å². The summed E-state index contributed by atoms with van der Waals surface area (Å²) in [5.74, 6) is 0.925. The van der Waals surface area contributed by atoms with Crippen LogP contribution in [0.25, 0.3) is 0 Å². The van der Waals surface area contributed by atoms with Gasteiger partial charge in [-0.05, 0) is 25.5 Å². The molecule has 0 aliphatic carbocycles. The van der Waals surface area contributed by atoms with E-state index in [0.717, 1.165) is 25.5 Å². The number of rotatable bonds is 11. The van der Waals surface area contributed by atoms with E-state index in [1.54, 1.807) is 25.3 Å². The summed E-state index contributed by atoms with van der Waals surface area (Å²) in [7, 11) is 1.64. The predicted octanol–water partition coefficient (Wildman–Crippen LogP) is 2.08. The smallest absolute Gasteiger partial charge is 0.387 e. The summed E-state index contributed by atoms with van der Waals surface area (Å²) in [6, 6.07) is 7.04. The van der Waals surface area contributed by atoms with E-state index in [-0.39, 0.29) is 11.8 Å². The van der Waals surface area contributed by atoms with Gasteiger partial charge in [0.2, 0.25) is 0 Å². The molecule has 0 amide bonds. The van der Waals surface area contributed by atoms with Crippen LogP contribution in [0.15, 0.2) is 29.3 Å². The molecule has 1 aromatic rings. The van der Waals surface area contributed by atoms with Gasteiger partial charge >= 0.3 is 6.61 Å². The molecule has 0 spiro atoms. The fraction of sp³-hybridized carbons (Fsp3) is 0.632. The van der Waals surface area contributed by atoms with Crippen LogP contribution in [0.5, 0.6) is 5.75 Å². The Morgan fingerprint density at radius 3 is 2.86 bits per heavy atom. The molecule has 7 nitrogen and oxygen atoms in total. The van der Waals surface area contributed by atoms with Crippen molar-refractivity contribution in [3.63, 3.8) is 0 Å². The Hall–Kier alpha value is -2.13. The zero-order valence-electron chi connectivity index (χ0n) is 16.5. The number of benzene rings is 1. The van der Waals surface area contributed by atoms with E-state index in [9.17, 15) is 8.78 Å². The lowest BCUT2D eigenvalue weighted by atomic mass is 10.2. The van der Waals surface area contributed by atoms with E-state index in [1.807, 2.05) is 17.9 Å². The highest BCUT2D eigenvalue weighted by molar-refractivity contribution is 5.80. The second-order valence-electron chi connectivity index (χ2n) is 6.29. The summed E-state index contributed by atoms with van der Waals surface area (Å²) in [5.41, 5.74) is 0.681. The van der Waals surface area contributed by atoms with Crippen molar-refractivity contribution in [2.45, 2.75) is 26.0 Å². The van der Waals surface area contributed by atoms with Crippen LogP contribution < -0.4 is 20.3 Å². The molecule has 2 rings (SSSR count). The Balaban J connectivity index is 1.87. The third-order valence-corrected chi connectivity index (χ3v) is 4.23. The van der Waals surface area contributed by atoms with Crippen molar-refractivity contribution in [1.82, 2.24) is 10.6 Å². The van der Waals surface area contributed by atoms with E-state index in [0.29, 0.717) is 38.6 Å². The fourth-order valence-electron chi connectivity index (χ4n) is 2.99. The number of hydrogen-bond acceptors (Lipinski definition) is 5. The van der Waals surface area contributed by atoms with Crippen molar-refractivity contribution in [2.24, 2.45) is 4.99 Å². The maximum atomic E-state index is 12.6. The third kappa shape index (κ3) is 7.47. The van der Waals surface area contributed by atoms with Crippen molar-refractivity contribution in [2.75, 3.05) is 58.0 Å². The van der Waals surface area contributed by atoms with Crippen molar-refractivity contribution < 1.29 is 23.0 Å². The lowest BCUT2D eigenvalue weighted by Crippen LogP contribution is -2.44. The molecule has 1 unspecified atom stereocenters. The van der Waals surface area contributed by atoms with Gasteiger partial charge in [-0.15, -0.1) is 0 Å². The number of guanidine groups is 1. The van der Waals surface area contributed by atoms with Gasteiger partial charge in [-0.3, -0.25) is 4.99 Å². The number of methoxy groups -OCH3 is 1. The number of aliphatic imine (C=N–C) groups is 1. The van der Waals surface area contributed by atoms with Gasteiger partial charge in [-0.2, -0.15) is 8.78 Å². The van der Waals surface area contributed by atoms with Crippen LogP contribution in [-0.2, 0) is 9.47 Å². The largest absolute Gasteiger partial charge is 0.433 e. The van der Waals surface area contributed by atoms with E-state index in [2.05, 4.69) is 20.4 Å². The number of alkyl halides is 2. The highest BCUT2D eigenvalue weighted by atomic mass is 19.3. The van der Waals surface area contributed by atoms with Crippen LogP contribution in [0.3, 0.4) is 0 Å². The molecule has 1 saturated heterocycles. The molecule has 9 heteroatoms. The molecule has 158 valence electrons. The molecule has 0 radical (unpaired) electrons. The first-order valence-electron chi connectivity index (χ1n) is 9.54. The number of para-hydroxylation sites is 2. The Bertz CT molecular complexity index is 604. The Labute approximate surface area is 165 Å². The molecule has 0 saturated carbocycles. The molecule has 0 bridgehead atoms. The van der Waals surface area contributed by atoms with Crippen LogP contribution in [-0.4, -0.2) is 71.7 Å². The molecule has 1 heterocycles. The number of halogens is 2. The topological polar surface area (TPSA) is 67.4 Å². The van der Waals surface area contributed by atoms with Gasteiger partial charge in [-0.1, -0.05) is 12.1 Å². The molecule has 1 aliphatic rings. The number of anilines is 1. The normalized spacial score (nSPS) is 17.2. The highest BCUT2D eigenvalue weighted by Gasteiger charge is 2.26. The van der Waals surface area contributed by atoms with Crippen molar-refractivity contribution >= 4 is 11.6 Å². The first-order chi connectivity index (χ1) is 13.6. The van der Waals surface area contributed by atoms with Gasteiger partial charge in [0.05, 0.1) is 32.1 Å². The molecular formula is C19H30F2N4O3. The average Bonchev–Trinajstić information content (AvgIpc) is 3.13. The summed E-state index contributed by atoms with van der Waals surface area (Å²) in [5, 5.41) is 6.63. The Morgan fingerprint density at radius 1 is 1.29 bits per heavy atom. The third-order valence-electron chi connectivity index (χ3n) is 4.23. The lowest BCUT2D eigenvalue weighted by molar-refractivity contribution is -0.0495.